The van der Waals surface area contributed by atoms with Gasteiger partial charge in [0.2, 0.25) is 10.0 Å². The molecule has 122 valence electrons. The zero-order chi connectivity index (χ0) is 15.0. The van der Waals surface area contributed by atoms with Crippen LogP contribution in [0.5, 0.6) is 0 Å². The van der Waals surface area contributed by atoms with Crippen LogP contribution in [0.3, 0.4) is 0 Å². The summed E-state index contributed by atoms with van der Waals surface area (Å²) in [7, 11) is -3.40. The number of sulfonamides is 1. The Morgan fingerprint density at radius 1 is 1.24 bits per heavy atom. The van der Waals surface area contributed by atoms with Crippen LogP contribution in [0.1, 0.15) is 18.7 Å². The second kappa shape index (κ2) is 10.4. The molecule has 0 aromatic carbocycles. The Hall–Kier alpha value is -0.390. The minimum absolute atomic E-state index is 0. The van der Waals surface area contributed by atoms with Crippen LogP contribution in [0.15, 0.2) is 21.3 Å². The number of rotatable bonds is 7. The fourth-order valence-corrected chi connectivity index (χ4v) is 3.83. The highest BCUT2D eigenvalue weighted by Crippen LogP contribution is 2.19. The first-order valence-corrected chi connectivity index (χ1v) is 8.87. The van der Waals surface area contributed by atoms with Gasteiger partial charge in [0, 0.05) is 24.5 Å². The maximum atomic E-state index is 12.0. The molecule has 0 atom stereocenters. The molecule has 0 unspecified atom stereocenters. The molecule has 0 spiro atoms. The van der Waals surface area contributed by atoms with Crippen molar-refractivity contribution in [3.63, 3.8) is 0 Å². The van der Waals surface area contributed by atoms with Crippen molar-refractivity contribution in [1.29, 1.82) is 0 Å². The van der Waals surface area contributed by atoms with E-state index in [1.165, 1.54) is 11.3 Å². The molecule has 0 saturated carbocycles. The SMILES string of the molecule is CCNC(=NCCNS(=O)(=O)c1ccc(C)s1)NCC.I. The van der Waals surface area contributed by atoms with E-state index in [1.807, 2.05) is 20.8 Å². The smallest absolute Gasteiger partial charge is 0.250 e. The van der Waals surface area contributed by atoms with Crippen LogP contribution in [-0.4, -0.2) is 40.6 Å². The number of guanidine groups is 1. The molecule has 0 radical (unpaired) electrons. The van der Waals surface area contributed by atoms with Gasteiger partial charge in [-0.3, -0.25) is 4.99 Å². The largest absolute Gasteiger partial charge is 0.357 e. The molecule has 0 amide bonds. The van der Waals surface area contributed by atoms with Crippen molar-refractivity contribution in [2.75, 3.05) is 26.2 Å². The molecule has 1 rings (SSSR count). The first-order valence-electron chi connectivity index (χ1n) is 6.58. The lowest BCUT2D eigenvalue weighted by Gasteiger charge is -2.09. The minimum Gasteiger partial charge on any atom is -0.357 e. The number of halogens is 1. The zero-order valence-electron chi connectivity index (χ0n) is 12.5. The normalized spacial score (nSPS) is 10.6. The number of thiophene rings is 1. The van der Waals surface area contributed by atoms with Crippen molar-refractivity contribution < 1.29 is 8.42 Å². The molecular formula is C12H23IN4O2S2. The summed E-state index contributed by atoms with van der Waals surface area (Å²) in [5.74, 6) is 0.696. The van der Waals surface area contributed by atoms with E-state index in [0.29, 0.717) is 16.7 Å². The van der Waals surface area contributed by atoms with Crippen molar-refractivity contribution in [2.24, 2.45) is 4.99 Å². The van der Waals surface area contributed by atoms with Gasteiger partial charge in [-0.25, -0.2) is 13.1 Å². The number of nitrogens with zero attached hydrogens (tertiary/aromatic N) is 1. The summed E-state index contributed by atoms with van der Waals surface area (Å²) < 4.78 is 26.8. The monoisotopic (exact) mass is 446 g/mol. The summed E-state index contributed by atoms with van der Waals surface area (Å²) in [6.45, 7) is 8.05. The third-order valence-electron chi connectivity index (χ3n) is 2.34. The molecule has 6 nitrogen and oxygen atoms in total. The van der Waals surface area contributed by atoms with Gasteiger partial charge in [0.15, 0.2) is 5.96 Å². The van der Waals surface area contributed by atoms with Crippen LogP contribution in [0.4, 0.5) is 0 Å². The fourth-order valence-electron chi connectivity index (χ4n) is 1.48. The first-order chi connectivity index (χ1) is 9.49. The zero-order valence-corrected chi connectivity index (χ0v) is 16.4. The predicted molar refractivity (Wildman–Crippen MR) is 99.3 cm³/mol. The lowest BCUT2D eigenvalue weighted by molar-refractivity contribution is 0.584. The third-order valence-corrected chi connectivity index (χ3v) is 5.30. The summed E-state index contributed by atoms with van der Waals surface area (Å²) in [6, 6.07) is 3.42. The minimum atomic E-state index is -3.40. The van der Waals surface area contributed by atoms with Gasteiger partial charge >= 0.3 is 0 Å². The molecule has 1 aromatic heterocycles. The first kappa shape index (κ1) is 20.6. The van der Waals surface area contributed by atoms with E-state index in [-0.39, 0.29) is 30.5 Å². The van der Waals surface area contributed by atoms with Gasteiger partial charge in [0.25, 0.3) is 0 Å². The van der Waals surface area contributed by atoms with Crippen molar-refractivity contribution >= 4 is 51.3 Å². The highest BCUT2D eigenvalue weighted by Gasteiger charge is 2.14. The molecule has 0 aliphatic rings. The van der Waals surface area contributed by atoms with Gasteiger partial charge in [-0.1, -0.05) is 0 Å². The Balaban J connectivity index is 0.00000400. The van der Waals surface area contributed by atoms with Crippen LogP contribution in [0.25, 0.3) is 0 Å². The Morgan fingerprint density at radius 2 is 1.86 bits per heavy atom. The average Bonchev–Trinajstić information content (AvgIpc) is 2.82. The lowest BCUT2D eigenvalue weighted by atomic mass is 10.5. The van der Waals surface area contributed by atoms with Gasteiger partial charge in [-0.15, -0.1) is 35.3 Å². The third kappa shape index (κ3) is 7.43. The highest BCUT2D eigenvalue weighted by atomic mass is 127. The van der Waals surface area contributed by atoms with E-state index < -0.39 is 10.0 Å². The number of hydrogen-bond acceptors (Lipinski definition) is 4. The summed E-state index contributed by atoms with van der Waals surface area (Å²) >= 11 is 1.26. The van der Waals surface area contributed by atoms with E-state index in [9.17, 15) is 8.42 Å². The molecule has 0 aliphatic carbocycles. The molecule has 0 saturated heterocycles. The van der Waals surface area contributed by atoms with Crippen molar-refractivity contribution in [1.82, 2.24) is 15.4 Å². The van der Waals surface area contributed by atoms with Gasteiger partial charge in [-0.2, -0.15) is 0 Å². The second-order valence-electron chi connectivity index (χ2n) is 4.05. The van der Waals surface area contributed by atoms with Gasteiger partial charge in [0.05, 0.1) is 6.54 Å². The van der Waals surface area contributed by atoms with Crippen LogP contribution >= 0.6 is 35.3 Å². The van der Waals surface area contributed by atoms with Crippen LogP contribution in [-0.2, 0) is 10.0 Å². The second-order valence-corrected chi connectivity index (χ2v) is 7.34. The molecule has 0 aliphatic heterocycles. The van der Waals surface area contributed by atoms with Crippen LogP contribution in [0.2, 0.25) is 0 Å². The Bertz CT molecular complexity index is 535. The highest BCUT2D eigenvalue weighted by molar-refractivity contribution is 14.0. The summed E-state index contributed by atoms with van der Waals surface area (Å²) in [6.07, 6.45) is 0. The van der Waals surface area contributed by atoms with Crippen molar-refractivity contribution in [2.45, 2.75) is 25.0 Å². The van der Waals surface area contributed by atoms with E-state index in [1.54, 1.807) is 12.1 Å². The van der Waals surface area contributed by atoms with Gasteiger partial charge in [0.1, 0.15) is 4.21 Å². The van der Waals surface area contributed by atoms with E-state index in [2.05, 4.69) is 20.3 Å². The summed E-state index contributed by atoms with van der Waals surface area (Å²) in [5, 5.41) is 6.16. The number of aliphatic imine (C=N–C) groups is 1. The molecule has 1 aromatic rings. The molecular weight excluding hydrogens is 423 g/mol. The molecule has 0 fully saturated rings. The fraction of sp³-hybridized carbons (Fsp3) is 0.583. The van der Waals surface area contributed by atoms with Crippen LogP contribution in [0, 0.1) is 6.92 Å². The van der Waals surface area contributed by atoms with Crippen molar-refractivity contribution in [3.8, 4) is 0 Å². The molecule has 21 heavy (non-hydrogen) atoms. The van der Waals surface area contributed by atoms with Crippen LogP contribution < -0.4 is 15.4 Å². The topological polar surface area (TPSA) is 82.6 Å². The predicted octanol–water partition coefficient (Wildman–Crippen LogP) is 1.53. The van der Waals surface area contributed by atoms with E-state index >= 15 is 0 Å². The van der Waals surface area contributed by atoms with Gasteiger partial charge in [-0.05, 0) is 32.9 Å². The Morgan fingerprint density at radius 3 is 2.33 bits per heavy atom. The Labute approximate surface area is 147 Å². The molecule has 1 heterocycles. The number of nitrogens with one attached hydrogen (secondary N) is 3. The Kier molecular flexibility index (Phi) is 10.2. The quantitative estimate of drug-likeness (QED) is 0.257. The molecule has 0 bridgehead atoms. The lowest BCUT2D eigenvalue weighted by Crippen LogP contribution is -2.37. The standard InChI is InChI=1S/C12H22N4O2S2.HI/c1-4-13-12(14-5-2)15-8-9-16-20(17,18)11-7-6-10(3)19-11;/h6-7,16H,4-5,8-9H2,1-3H3,(H2,13,14,15);1H. The van der Waals surface area contributed by atoms with E-state index in [0.717, 1.165) is 18.0 Å². The van der Waals surface area contributed by atoms with Gasteiger partial charge < -0.3 is 10.6 Å². The number of hydrogen-bond donors (Lipinski definition) is 3. The molecule has 3 N–H and O–H groups in total. The van der Waals surface area contributed by atoms with Crippen molar-refractivity contribution in [3.05, 3.63) is 17.0 Å². The van der Waals surface area contributed by atoms with E-state index in [4.69, 9.17) is 0 Å². The average molecular weight is 446 g/mol. The maximum absolute atomic E-state index is 12.0. The molecule has 9 heteroatoms. The number of aryl methyl sites for hydroxylation is 1. The summed E-state index contributed by atoms with van der Waals surface area (Å²) in [5.41, 5.74) is 0. The maximum Gasteiger partial charge on any atom is 0.250 e. The summed E-state index contributed by atoms with van der Waals surface area (Å²) in [4.78, 5) is 5.25.